The zero-order valence-electron chi connectivity index (χ0n) is 9.05. The highest BCUT2D eigenvalue weighted by Crippen LogP contribution is 2.44. The molecule has 1 aliphatic carbocycles. The molecule has 78 valence electrons. The van der Waals surface area contributed by atoms with Gasteiger partial charge in [0.25, 0.3) is 0 Å². The van der Waals surface area contributed by atoms with E-state index in [2.05, 4.69) is 32.4 Å². The quantitative estimate of drug-likeness (QED) is 0.535. The van der Waals surface area contributed by atoms with Crippen molar-refractivity contribution in [3.63, 3.8) is 0 Å². The summed E-state index contributed by atoms with van der Waals surface area (Å²) >= 11 is 4.37. The molecule has 0 aliphatic heterocycles. The first-order valence-corrected chi connectivity index (χ1v) is 7.29. The van der Waals surface area contributed by atoms with Crippen molar-refractivity contribution in [3.8, 4) is 0 Å². The van der Waals surface area contributed by atoms with Crippen LogP contribution in [0, 0.1) is 11.8 Å². The molecular formula is C11H22S2. The average Bonchev–Trinajstić information content (AvgIpc) is 2.18. The highest BCUT2D eigenvalue weighted by Gasteiger charge is 2.32. The van der Waals surface area contributed by atoms with Crippen molar-refractivity contribution in [3.05, 3.63) is 0 Å². The molecule has 13 heavy (non-hydrogen) atoms. The molecule has 0 bridgehead atoms. The Morgan fingerprint density at radius 2 is 1.77 bits per heavy atom. The average molecular weight is 218 g/mol. The van der Waals surface area contributed by atoms with Gasteiger partial charge in [-0.2, -0.15) is 0 Å². The van der Waals surface area contributed by atoms with Crippen molar-refractivity contribution in [2.45, 2.75) is 57.6 Å². The summed E-state index contributed by atoms with van der Waals surface area (Å²) in [7, 11) is 1.74. The number of rotatable bonds is 3. The third-order valence-electron chi connectivity index (χ3n) is 3.64. The molecule has 1 rings (SSSR count). The Balaban J connectivity index is 2.40. The molecule has 1 saturated carbocycles. The standard InChI is InChI=1S/C11H22S2/c1-4-9-5-7-10(8-6-9)11(2,3)13-12/h9-10,12H,4-8H2,1-3H3. The van der Waals surface area contributed by atoms with Gasteiger partial charge in [-0.15, -0.1) is 11.7 Å². The monoisotopic (exact) mass is 218 g/mol. The SMILES string of the molecule is CCC1CCC(C(C)(C)SS)CC1. The molecule has 0 aromatic heterocycles. The summed E-state index contributed by atoms with van der Waals surface area (Å²) in [5.74, 6) is 1.90. The van der Waals surface area contributed by atoms with Crippen LogP contribution in [-0.4, -0.2) is 4.75 Å². The lowest BCUT2D eigenvalue weighted by Gasteiger charge is -2.37. The molecule has 0 amide bonds. The van der Waals surface area contributed by atoms with Crippen LogP contribution in [0.5, 0.6) is 0 Å². The summed E-state index contributed by atoms with van der Waals surface area (Å²) in [5.41, 5.74) is 0. The summed E-state index contributed by atoms with van der Waals surface area (Å²) in [5, 5.41) is 0. The minimum atomic E-state index is 0.377. The van der Waals surface area contributed by atoms with Gasteiger partial charge < -0.3 is 0 Å². The van der Waals surface area contributed by atoms with E-state index in [1.807, 2.05) is 0 Å². The molecule has 0 spiro atoms. The Kier molecular flexibility index (Phi) is 4.50. The maximum Gasteiger partial charge on any atom is 0.0233 e. The second-order valence-electron chi connectivity index (χ2n) is 4.82. The predicted molar refractivity (Wildman–Crippen MR) is 66.4 cm³/mol. The van der Waals surface area contributed by atoms with Crippen molar-refractivity contribution in [2.75, 3.05) is 0 Å². The van der Waals surface area contributed by atoms with Gasteiger partial charge in [-0.25, -0.2) is 0 Å². The molecule has 0 N–H and O–H groups in total. The van der Waals surface area contributed by atoms with E-state index in [0.717, 1.165) is 11.8 Å². The zero-order chi connectivity index (χ0) is 9.90. The molecule has 2 heteroatoms. The van der Waals surface area contributed by atoms with Gasteiger partial charge in [-0.05, 0) is 38.5 Å². The van der Waals surface area contributed by atoms with Crippen LogP contribution >= 0.6 is 22.5 Å². The molecule has 0 atom stereocenters. The summed E-state index contributed by atoms with van der Waals surface area (Å²) < 4.78 is 0.377. The summed E-state index contributed by atoms with van der Waals surface area (Å²) in [6.45, 7) is 6.99. The Morgan fingerprint density at radius 1 is 1.23 bits per heavy atom. The molecule has 0 radical (unpaired) electrons. The third-order valence-corrected chi connectivity index (χ3v) is 5.86. The van der Waals surface area contributed by atoms with Crippen LogP contribution in [0.15, 0.2) is 0 Å². The lowest BCUT2D eigenvalue weighted by Crippen LogP contribution is -2.30. The minimum Gasteiger partial charge on any atom is -0.111 e. The summed E-state index contributed by atoms with van der Waals surface area (Å²) in [4.78, 5) is 0. The molecule has 0 aromatic rings. The van der Waals surface area contributed by atoms with Crippen molar-refractivity contribution in [1.29, 1.82) is 0 Å². The fourth-order valence-corrected chi connectivity index (χ4v) is 3.17. The van der Waals surface area contributed by atoms with Gasteiger partial charge in [-0.3, -0.25) is 0 Å². The van der Waals surface area contributed by atoms with E-state index in [1.165, 1.54) is 32.1 Å². The van der Waals surface area contributed by atoms with E-state index in [9.17, 15) is 0 Å². The van der Waals surface area contributed by atoms with Crippen molar-refractivity contribution in [2.24, 2.45) is 11.8 Å². The van der Waals surface area contributed by atoms with Gasteiger partial charge in [0, 0.05) is 4.75 Å². The Labute approximate surface area is 92.1 Å². The highest BCUT2D eigenvalue weighted by molar-refractivity contribution is 8.69. The second-order valence-corrected chi connectivity index (χ2v) is 6.60. The van der Waals surface area contributed by atoms with Gasteiger partial charge in [0.15, 0.2) is 0 Å². The largest absolute Gasteiger partial charge is 0.111 e. The minimum absolute atomic E-state index is 0.377. The molecule has 1 fully saturated rings. The zero-order valence-corrected chi connectivity index (χ0v) is 10.8. The van der Waals surface area contributed by atoms with Gasteiger partial charge in [0.05, 0.1) is 0 Å². The molecule has 1 aliphatic rings. The van der Waals surface area contributed by atoms with E-state index < -0.39 is 0 Å². The highest BCUT2D eigenvalue weighted by atomic mass is 33.1. The van der Waals surface area contributed by atoms with Crippen LogP contribution in [0.25, 0.3) is 0 Å². The Bertz CT molecular complexity index is 146. The molecular weight excluding hydrogens is 196 g/mol. The van der Waals surface area contributed by atoms with Gasteiger partial charge in [0.1, 0.15) is 0 Å². The topological polar surface area (TPSA) is 0 Å². The van der Waals surface area contributed by atoms with Crippen molar-refractivity contribution in [1.82, 2.24) is 0 Å². The number of hydrogen-bond donors (Lipinski definition) is 1. The van der Waals surface area contributed by atoms with Crippen LogP contribution in [0.3, 0.4) is 0 Å². The Hall–Kier alpha value is 0.700. The first kappa shape index (κ1) is 11.8. The molecule has 0 nitrogen and oxygen atoms in total. The molecule has 0 saturated heterocycles. The van der Waals surface area contributed by atoms with E-state index in [4.69, 9.17) is 0 Å². The van der Waals surface area contributed by atoms with Crippen molar-refractivity contribution >= 4 is 22.5 Å². The number of thiol groups is 1. The maximum absolute atomic E-state index is 4.37. The van der Waals surface area contributed by atoms with E-state index >= 15 is 0 Å². The van der Waals surface area contributed by atoms with E-state index in [1.54, 1.807) is 10.8 Å². The summed E-state index contributed by atoms with van der Waals surface area (Å²) in [6, 6.07) is 0. The lowest BCUT2D eigenvalue weighted by atomic mass is 9.76. The van der Waals surface area contributed by atoms with Gasteiger partial charge >= 0.3 is 0 Å². The van der Waals surface area contributed by atoms with Crippen LogP contribution < -0.4 is 0 Å². The molecule has 0 unspecified atom stereocenters. The third kappa shape index (κ3) is 3.09. The normalized spacial score (nSPS) is 30.5. The molecule has 0 aromatic carbocycles. The first-order valence-electron chi connectivity index (χ1n) is 5.42. The number of hydrogen-bond acceptors (Lipinski definition) is 2. The van der Waals surface area contributed by atoms with Crippen LogP contribution in [0.4, 0.5) is 0 Å². The van der Waals surface area contributed by atoms with E-state index in [0.29, 0.717) is 4.75 Å². The lowest BCUT2D eigenvalue weighted by molar-refractivity contribution is 0.238. The smallest absolute Gasteiger partial charge is 0.0233 e. The van der Waals surface area contributed by atoms with Gasteiger partial charge in [0.2, 0.25) is 0 Å². The van der Waals surface area contributed by atoms with Crippen LogP contribution in [0.2, 0.25) is 0 Å². The van der Waals surface area contributed by atoms with Gasteiger partial charge in [-0.1, -0.05) is 37.0 Å². The van der Waals surface area contributed by atoms with Crippen LogP contribution in [-0.2, 0) is 0 Å². The molecule has 0 heterocycles. The predicted octanol–water partition coefficient (Wildman–Crippen LogP) is 4.56. The fraction of sp³-hybridized carbons (Fsp3) is 1.00. The second kappa shape index (κ2) is 4.97. The summed E-state index contributed by atoms with van der Waals surface area (Å²) in [6.07, 6.45) is 7.09. The maximum atomic E-state index is 4.37. The Morgan fingerprint density at radius 3 is 2.15 bits per heavy atom. The fourth-order valence-electron chi connectivity index (χ4n) is 2.34. The van der Waals surface area contributed by atoms with Crippen LogP contribution in [0.1, 0.15) is 52.9 Å². The van der Waals surface area contributed by atoms with Crippen molar-refractivity contribution < 1.29 is 0 Å². The first-order chi connectivity index (χ1) is 6.10. The van der Waals surface area contributed by atoms with E-state index in [-0.39, 0.29) is 0 Å².